The van der Waals surface area contributed by atoms with Gasteiger partial charge in [-0.05, 0) is 38.5 Å². The summed E-state index contributed by atoms with van der Waals surface area (Å²) in [5.74, 6) is -1.56. The highest BCUT2D eigenvalue weighted by molar-refractivity contribution is 5.86. The van der Waals surface area contributed by atoms with Gasteiger partial charge in [-0.3, -0.25) is 0 Å². The van der Waals surface area contributed by atoms with Crippen LogP contribution < -0.4 is 10.5 Å². The molecule has 128 valence electrons. The van der Waals surface area contributed by atoms with Gasteiger partial charge in [-0.15, -0.1) is 13.2 Å². The highest BCUT2D eigenvalue weighted by Crippen LogP contribution is 2.24. The van der Waals surface area contributed by atoms with E-state index in [1.54, 1.807) is 20.8 Å². The molecule has 2 N–H and O–H groups in total. The van der Waals surface area contributed by atoms with Gasteiger partial charge < -0.3 is 19.9 Å². The zero-order valence-corrected chi connectivity index (χ0v) is 12.6. The zero-order chi connectivity index (χ0) is 17.8. The lowest BCUT2D eigenvalue weighted by molar-refractivity contribution is -0.274. The molecule has 1 unspecified atom stereocenters. The molecule has 1 aromatic rings. The van der Waals surface area contributed by atoms with Crippen LogP contribution in [-0.2, 0) is 14.3 Å². The first-order chi connectivity index (χ1) is 10.4. The van der Waals surface area contributed by atoms with Crippen molar-refractivity contribution >= 4 is 12.1 Å². The summed E-state index contributed by atoms with van der Waals surface area (Å²) in [5.41, 5.74) is 4.88. The molecular weight excluding hydrogens is 319 g/mol. The molecule has 0 fully saturated rings. The third kappa shape index (κ3) is 7.00. The van der Waals surface area contributed by atoms with Gasteiger partial charge in [0.1, 0.15) is 17.4 Å². The highest BCUT2D eigenvalue weighted by Gasteiger charge is 2.31. The molecule has 0 bridgehead atoms. The largest absolute Gasteiger partial charge is 0.573 e. The average Bonchev–Trinajstić information content (AvgIpc) is 2.34. The molecule has 0 aliphatic carbocycles. The Morgan fingerprint density at radius 2 is 1.61 bits per heavy atom. The molecule has 0 spiro atoms. The van der Waals surface area contributed by atoms with E-state index < -0.39 is 35.9 Å². The van der Waals surface area contributed by atoms with Crippen LogP contribution in [0.5, 0.6) is 5.75 Å². The van der Waals surface area contributed by atoms with Crippen molar-refractivity contribution in [2.75, 3.05) is 0 Å². The van der Waals surface area contributed by atoms with E-state index in [9.17, 15) is 22.8 Å². The summed E-state index contributed by atoms with van der Waals surface area (Å²) >= 11 is 0. The molecular formula is C14H16F3NO5. The Bertz CT molecular complexity index is 563. The van der Waals surface area contributed by atoms with E-state index in [0.29, 0.717) is 0 Å². The van der Waals surface area contributed by atoms with Gasteiger partial charge in [-0.2, -0.15) is 0 Å². The van der Waals surface area contributed by atoms with E-state index in [1.807, 2.05) is 0 Å². The lowest BCUT2D eigenvalue weighted by Gasteiger charge is -2.19. The zero-order valence-electron chi connectivity index (χ0n) is 12.6. The van der Waals surface area contributed by atoms with Gasteiger partial charge in [0.05, 0.1) is 0 Å². The summed E-state index contributed by atoms with van der Waals surface area (Å²) in [6.07, 6.45) is -6.03. The number of hydrogen-bond donors (Lipinski definition) is 1. The van der Waals surface area contributed by atoms with Gasteiger partial charge in [-0.1, -0.05) is 12.1 Å². The number of carbonyl (C=O) groups excluding carboxylic acids is 2. The SMILES string of the molecule is CC(C)(C)OC(=O)OC(=O)C(N)c1ccc(OC(F)(F)F)cc1. The van der Waals surface area contributed by atoms with Gasteiger partial charge >= 0.3 is 18.5 Å². The second-order valence-corrected chi connectivity index (χ2v) is 5.48. The van der Waals surface area contributed by atoms with E-state index in [1.165, 1.54) is 0 Å². The number of carbonyl (C=O) groups is 2. The van der Waals surface area contributed by atoms with Crippen LogP contribution in [-0.4, -0.2) is 24.1 Å². The molecule has 0 heterocycles. The molecule has 1 rings (SSSR count). The third-order valence-electron chi connectivity index (χ3n) is 2.30. The van der Waals surface area contributed by atoms with Crippen LogP contribution in [0.25, 0.3) is 0 Å². The van der Waals surface area contributed by atoms with E-state index in [2.05, 4.69) is 9.47 Å². The van der Waals surface area contributed by atoms with Crippen LogP contribution in [0, 0.1) is 0 Å². The van der Waals surface area contributed by atoms with Crippen molar-refractivity contribution in [1.82, 2.24) is 0 Å². The van der Waals surface area contributed by atoms with Crippen LogP contribution in [0.4, 0.5) is 18.0 Å². The maximum atomic E-state index is 12.0. The maximum absolute atomic E-state index is 12.0. The first-order valence-corrected chi connectivity index (χ1v) is 6.43. The predicted molar refractivity (Wildman–Crippen MR) is 72.4 cm³/mol. The van der Waals surface area contributed by atoms with Crippen molar-refractivity contribution in [3.63, 3.8) is 0 Å². The minimum atomic E-state index is -4.82. The van der Waals surface area contributed by atoms with Crippen LogP contribution in [0.2, 0.25) is 0 Å². The monoisotopic (exact) mass is 335 g/mol. The Morgan fingerprint density at radius 1 is 1.09 bits per heavy atom. The first-order valence-electron chi connectivity index (χ1n) is 6.43. The normalized spacial score (nSPS) is 13.2. The number of alkyl halides is 3. The lowest BCUT2D eigenvalue weighted by atomic mass is 10.1. The van der Waals surface area contributed by atoms with Crippen LogP contribution in [0.15, 0.2) is 24.3 Å². The number of hydrogen-bond acceptors (Lipinski definition) is 6. The molecule has 6 nitrogen and oxygen atoms in total. The van der Waals surface area contributed by atoms with E-state index in [-0.39, 0.29) is 5.56 Å². The Hall–Kier alpha value is -2.29. The second-order valence-electron chi connectivity index (χ2n) is 5.48. The number of nitrogens with two attached hydrogens (primary N) is 1. The molecule has 23 heavy (non-hydrogen) atoms. The number of esters is 1. The highest BCUT2D eigenvalue weighted by atomic mass is 19.4. The fourth-order valence-corrected chi connectivity index (χ4v) is 1.43. The van der Waals surface area contributed by atoms with Gasteiger partial charge in [-0.25, -0.2) is 9.59 Å². The average molecular weight is 335 g/mol. The Labute approximate surface area is 130 Å². The molecule has 0 saturated carbocycles. The van der Waals surface area contributed by atoms with Crippen molar-refractivity contribution < 1.29 is 37.0 Å². The van der Waals surface area contributed by atoms with Crippen molar-refractivity contribution in [1.29, 1.82) is 0 Å². The Kier molecular flexibility index (Phi) is 5.60. The topological polar surface area (TPSA) is 87.9 Å². The van der Waals surface area contributed by atoms with Crippen LogP contribution in [0.3, 0.4) is 0 Å². The smallest absolute Gasteiger partial charge is 0.428 e. The summed E-state index contributed by atoms with van der Waals surface area (Å²) in [4.78, 5) is 23.0. The lowest BCUT2D eigenvalue weighted by Crippen LogP contribution is -2.30. The predicted octanol–water partition coefficient (Wildman–Crippen LogP) is 3.06. The van der Waals surface area contributed by atoms with Gasteiger partial charge in [0, 0.05) is 0 Å². The number of rotatable bonds is 3. The van der Waals surface area contributed by atoms with Crippen molar-refractivity contribution in [3.8, 4) is 5.75 Å². The van der Waals surface area contributed by atoms with Crippen LogP contribution in [0.1, 0.15) is 32.4 Å². The van der Waals surface area contributed by atoms with E-state index in [0.717, 1.165) is 24.3 Å². The van der Waals surface area contributed by atoms with Crippen LogP contribution >= 0.6 is 0 Å². The number of ether oxygens (including phenoxy) is 3. The minimum Gasteiger partial charge on any atom is -0.428 e. The molecule has 9 heteroatoms. The summed E-state index contributed by atoms with van der Waals surface area (Å²) in [6.45, 7) is 4.74. The van der Waals surface area contributed by atoms with E-state index >= 15 is 0 Å². The minimum absolute atomic E-state index is 0.146. The first kappa shape index (κ1) is 18.8. The second kappa shape index (κ2) is 6.86. The number of benzene rings is 1. The molecule has 0 amide bonds. The quantitative estimate of drug-likeness (QED) is 0.675. The fourth-order valence-electron chi connectivity index (χ4n) is 1.43. The van der Waals surface area contributed by atoms with Crippen molar-refractivity contribution in [2.45, 2.75) is 38.8 Å². The van der Waals surface area contributed by atoms with Gasteiger partial charge in [0.2, 0.25) is 0 Å². The standard InChI is InChI=1S/C14H16F3NO5/c1-13(2,3)23-12(20)21-11(19)10(18)8-4-6-9(7-5-8)22-14(15,16)17/h4-7,10H,18H2,1-3H3. The molecule has 0 radical (unpaired) electrons. The summed E-state index contributed by atoms with van der Waals surface area (Å²) in [7, 11) is 0. The third-order valence-corrected chi connectivity index (χ3v) is 2.30. The molecule has 1 aromatic carbocycles. The molecule has 0 saturated heterocycles. The molecule has 0 aromatic heterocycles. The fraction of sp³-hybridized carbons (Fsp3) is 0.429. The molecule has 0 aliphatic rings. The van der Waals surface area contributed by atoms with Gasteiger partial charge in [0.15, 0.2) is 0 Å². The van der Waals surface area contributed by atoms with E-state index in [4.69, 9.17) is 10.5 Å². The molecule has 0 aliphatic heterocycles. The summed E-state index contributed by atoms with van der Waals surface area (Å²) in [6, 6.07) is 2.93. The van der Waals surface area contributed by atoms with Crippen molar-refractivity contribution in [3.05, 3.63) is 29.8 Å². The molecule has 1 atom stereocenters. The summed E-state index contributed by atoms with van der Waals surface area (Å²) in [5, 5.41) is 0. The van der Waals surface area contributed by atoms with Crippen molar-refractivity contribution in [2.24, 2.45) is 5.73 Å². The Morgan fingerprint density at radius 3 is 2.04 bits per heavy atom. The maximum Gasteiger partial charge on any atom is 0.573 e. The number of halogens is 3. The van der Waals surface area contributed by atoms with Gasteiger partial charge in [0.25, 0.3) is 0 Å². The Balaban J connectivity index is 2.68. The summed E-state index contributed by atoms with van der Waals surface area (Å²) < 4.78 is 49.0.